The fourth-order valence-corrected chi connectivity index (χ4v) is 2.59. The van der Waals surface area contributed by atoms with Gasteiger partial charge in [0.25, 0.3) is 0 Å². The molecule has 1 aliphatic carbocycles. The van der Waals surface area contributed by atoms with Crippen molar-refractivity contribution in [3.8, 4) is 0 Å². The van der Waals surface area contributed by atoms with Gasteiger partial charge in [-0.05, 0) is 52.2 Å². The average Bonchev–Trinajstić information content (AvgIpc) is 2.94. The molecule has 2 fully saturated rings. The number of hydrogen-bond donors (Lipinski definition) is 1. The van der Waals surface area contributed by atoms with Crippen LogP contribution in [-0.4, -0.2) is 60.8 Å². The SMILES string of the molecule is CN(CC(O)C1CC1)CC1CCCN1C. The molecule has 1 saturated heterocycles. The van der Waals surface area contributed by atoms with Gasteiger partial charge < -0.3 is 14.9 Å². The first-order valence-corrected chi connectivity index (χ1v) is 6.23. The van der Waals surface area contributed by atoms with E-state index in [1.807, 2.05) is 0 Å². The van der Waals surface area contributed by atoms with Crippen molar-refractivity contribution in [2.45, 2.75) is 37.8 Å². The van der Waals surface area contributed by atoms with Crippen LogP contribution in [0.1, 0.15) is 25.7 Å². The van der Waals surface area contributed by atoms with Crippen LogP contribution in [-0.2, 0) is 0 Å². The van der Waals surface area contributed by atoms with Gasteiger partial charge in [0.05, 0.1) is 6.10 Å². The molecule has 0 aromatic heterocycles. The number of likely N-dealkylation sites (tertiary alicyclic amines) is 1. The highest BCUT2D eigenvalue weighted by molar-refractivity contribution is 4.84. The van der Waals surface area contributed by atoms with E-state index >= 15 is 0 Å². The second kappa shape index (κ2) is 4.81. The first-order valence-electron chi connectivity index (χ1n) is 6.23. The summed E-state index contributed by atoms with van der Waals surface area (Å²) in [4.78, 5) is 4.75. The second-order valence-corrected chi connectivity index (χ2v) is 5.40. The Labute approximate surface area is 93.1 Å². The highest BCUT2D eigenvalue weighted by Crippen LogP contribution is 2.32. The van der Waals surface area contributed by atoms with Crippen molar-refractivity contribution in [1.82, 2.24) is 9.80 Å². The molecule has 0 radical (unpaired) electrons. The Balaban J connectivity index is 1.68. The quantitative estimate of drug-likeness (QED) is 0.729. The smallest absolute Gasteiger partial charge is 0.0695 e. The summed E-state index contributed by atoms with van der Waals surface area (Å²) < 4.78 is 0. The van der Waals surface area contributed by atoms with Crippen molar-refractivity contribution >= 4 is 0 Å². The second-order valence-electron chi connectivity index (χ2n) is 5.40. The van der Waals surface area contributed by atoms with Crippen LogP contribution in [0.4, 0.5) is 0 Å². The predicted octanol–water partition coefficient (Wildman–Crippen LogP) is 0.783. The molecule has 2 atom stereocenters. The number of rotatable bonds is 5. The van der Waals surface area contributed by atoms with Gasteiger partial charge in [0.15, 0.2) is 0 Å². The van der Waals surface area contributed by atoms with Gasteiger partial charge in [0.1, 0.15) is 0 Å². The lowest BCUT2D eigenvalue weighted by atomic mass is 10.2. The first kappa shape index (κ1) is 11.4. The molecule has 2 unspecified atom stereocenters. The van der Waals surface area contributed by atoms with Crippen LogP contribution in [0.3, 0.4) is 0 Å². The number of aliphatic hydroxyl groups excluding tert-OH is 1. The molecule has 0 amide bonds. The molecule has 1 heterocycles. The molecule has 1 aliphatic heterocycles. The standard InChI is InChI=1S/C12H24N2O/c1-13(9-12(15)10-5-6-10)8-11-4-3-7-14(11)2/h10-12,15H,3-9H2,1-2H3. The monoisotopic (exact) mass is 212 g/mol. The van der Waals surface area contributed by atoms with Gasteiger partial charge in [0.2, 0.25) is 0 Å². The van der Waals surface area contributed by atoms with Gasteiger partial charge in [-0.15, -0.1) is 0 Å². The van der Waals surface area contributed by atoms with E-state index < -0.39 is 0 Å². The molecular formula is C12H24N2O. The predicted molar refractivity (Wildman–Crippen MR) is 61.9 cm³/mol. The number of aliphatic hydroxyl groups is 1. The van der Waals surface area contributed by atoms with Crippen LogP contribution < -0.4 is 0 Å². The Morgan fingerprint density at radius 3 is 2.67 bits per heavy atom. The summed E-state index contributed by atoms with van der Waals surface area (Å²) in [6, 6.07) is 0.710. The van der Waals surface area contributed by atoms with Crippen LogP contribution in [0, 0.1) is 5.92 Å². The maximum Gasteiger partial charge on any atom is 0.0695 e. The van der Waals surface area contributed by atoms with E-state index in [1.54, 1.807) is 0 Å². The molecule has 0 aromatic rings. The number of hydrogen-bond acceptors (Lipinski definition) is 3. The third-order valence-corrected chi connectivity index (χ3v) is 3.86. The summed E-state index contributed by atoms with van der Waals surface area (Å²) in [6.07, 6.45) is 5.04. The summed E-state index contributed by atoms with van der Waals surface area (Å²) in [7, 11) is 4.35. The van der Waals surface area contributed by atoms with Crippen LogP contribution in [0.25, 0.3) is 0 Å². The zero-order valence-electron chi connectivity index (χ0n) is 10.0. The van der Waals surface area contributed by atoms with E-state index in [9.17, 15) is 5.11 Å². The Morgan fingerprint density at radius 1 is 1.40 bits per heavy atom. The Morgan fingerprint density at radius 2 is 2.13 bits per heavy atom. The largest absolute Gasteiger partial charge is 0.392 e. The van der Waals surface area contributed by atoms with E-state index in [-0.39, 0.29) is 6.10 Å². The van der Waals surface area contributed by atoms with Gasteiger partial charge in [-0.2, -0.15) is 0 Å². The van der Waals surface area contributed by atoms with Gasteiger partial charge >= 0.3 is 0 Å². The minimum Gasteiger partial charge on any atom is -0.392 e. The van der Waals surface area contributed by atoms with Gasteiger partial charge in [-0.3, -0.25) is 0 Å². The molecule has 2 aliphatic rings. The normalized spacial score (nSPS) is 30.0. The van der Waals surface area contributed by atoms with Crippen molar-refractivity contribution in [3.63, 3.8) is 0 Å². The third-order valence-electron chi connectivity index (χ3n) is 3.86. The van der Waals surface area contributed by atoms with Crippen molar-refractivity contribution in [1.29, 1.82) is 0 Å². The molecule has 3 nitrogen and oxygen atoms in total. The summed E-state index contributed by atoms with van der Waals surface area (Å²) in [5.41, 5.74) is 0. The molecular weight excluding hydrogens is 188 g/mol. The lowest BCUT2D eigenvalue weighted by Crippen LogP contribution is -2.40. The average molecular weight is 212 g/mol. The lowest BCUT2D eigenvalue weighted by molar-refractivity contribution is 0.0958. The fourth-order valence-electron chi connectivity index (χ4n) is 2.59. The lowest BCUT2D eigenvalue weighted by Gasteiger charge is -2.27. The topological polar surface area (TPSA) is 26.7 Å². The van der Waals surface area contributed by atoms with E-state index in [1.165, 1.54) is 32.2 Å². The maximum absolute atomic E-state index is 9.84. The summed E-state index contributed by atoms with van der Waals surface area (Å²) in [5.74, 6) is 0.605. The number of likely N-dealkylation sites (N-methyl/N-ethyl adjacent to an activating group) is 2. The molecule has 0 spiro atoms. The molecule has 0 bridgehead atoms. The van der Waals surface area contributed by atoms with E-state index in [2.05, 4.69) is 23.9 Å². The highest BCUT2D eigenvalue weighted by atomic mass is 16.3. The molecule has 0 aromatic carbocycles. The summed E-state index contributed by atoms with van der Waals surface area (Å²) >= 11 is 0. The molecule has 88 valence electrons. The maximum atomic E-state index is 9.84. The zero-order chi connectivity index (χ0) is 10.8. The summed E-state index contributed by atoms with van der Waals surface area (Å²) in [5, 5.41) is 9.84. The Hall–Kier alpha value is -0.120. The molecule has 1 saturated carbocycles. The first-order chi connectivity index (χ1) is 7.16. The van der Waals surface area contributed by atoms with Gasteiger partial charge in [-0.1, -0.05) is 0 Å². The van der Waals surface area contributed by atoms with Crippen LogP contribution in [0.15, 0.2) is 0 Å². The van der Waals surface area contributed by atoms with Crippen LogP contribution in [0.2, 0.25) is 0 Å². The van der Waals surface area contributed by atoms with E-state index in [4.69, 9.17) is 0 Å². The Kier molecular flexibility index (Phi) is 3.65. The molecule has 2 rings (SSSR count). The molecule has 15 heavy (non-hydrogen) atoms. The third kappa shape index (κ3) is 3.16. The van der Waals surface area contributed by atoms with Gasteiger partial charge in [0, 0.05) is 19.1 Å². The van der Waals surface area contributed by atoms with Crippen molar-refractivity contribution in [2.75, 3.05) is 33.7 Å². The molecule has 3 heteroatoms. The zero-order valence-corrected chi connectivity index (χ0v) is 10.0. The molecule has 1 N–H and O–H groups in total. The van der Waals surface area contributed by atoms with Crippen LogP contribution >= 0.6 is 0 Å². The highest BCUT2D eigenvalue weighted by Gasteiger charge is 2.31. The van der Waals surface area contributed by atoms with Crippen molar-refractivity contribution in [2.24, 2.45) is 5.92 Å². The summed E-state index contributed by atoms with van der Waals surface area (Å²) in [6.45, 7) is 3.21. The van der Waals surface area contributed by atoms with Gasteiger partial charge in [-0.25, -0.2) is 0 Å². The van der Waals surface area contributed by atoms with Crippen LogP contribution in [0.5, 0.6) is 0 Å². The minimum absolute atomic E-state index is 0.0818. The fraction of sp³-hybridized carbons (Fsp3) is 1.00. The van der Waals surface area contributed by atoms with E-state index in [0.29, 0.717) is 12.0 Å². The Bertz CT molecular complexity index is 206. The van der Waals surface area contributed by atoms with E-state index in [0.717, 1.165) is 13.1 Å². The minimum atomic E-state index is -0.0818. The van der Waals surface area contributed by atoms with Crippen molar-refractivity contribution < 1.29 is 5.11 Å². The van der Waals surface area contributed by atoms with Crippen molar-refractivity contribution in [3.05, 3.63) is 0 Å². The number of nitrogens with zero attached hydrogens (tertiary/aromatic N) is 2.